The Labute approximate surface area is 83.2 Å². The van der Waals surface area contributed by atoms with Gasteiger partial charge in [-0.25, -0.2) is 14.8 Å². The van der Waals surface area contributed by atoms with Gasteiger partial charge < -0.3 is 10.8 Å². The van der Waals surface area contributed by atoms with Gasteiger partial charge in [-0.2, -0.15) is 0 Å². The van der Waals surface area contributed by atoms with Crippen LogP contribution in [0.4, 0.5) is 5.13 Å². The van der Waals surface area contributed by atoms with Gasteiger partial charge in [0.25, 0.3) is 0 Å². The Morgan fingerprint density at radius 3 is 2.93 bits per heavy atom. The molecule has 0 aromatic carbocycles. The number of hydrogen-bond donors (Lipinski definition) is 2. The summed E-state index contributed by atoms with van der Waals surface area (Å²) in [6.07, 6.45) is 0. The van der Waals surface area contributed by atoms with Crippen LogP contribution in [0.1, 0.15) is 16.1 Å². The van der Waals surface area contributed by atoms with E-state index < -0.39 is 5.97 Å². The first kappa shape index (κ1) is 8.89. The van der Waals surface area contributed by atoms with E-state index in [-0.39, 0.29) is 5.69 Å². The number of aromatic nitrogens is 2. The molecule has 0 saturated heterocycles. The van der Waals surface area contributed by atoms with Crippen LogP contribution in [-0.2, 0) is 0 Å². The molecule has 5 nitrogen and oxygen atoms in total. The number of nitrogen functional groups attached to an aromatic ring is 1. The standard InChI is InChI=1S/C8H7N3O2S/c1-3-2-4(7(12)13)10-6-5(3)14-8(9)11-6/h2H,1H3,(H,12,13)(H2,9,10,11). The highest BCUT2D eigenvalue weighted by atomic mass is 32.1. The summed E-state index contributed by atoms with van der Waals surface area (Å²) >= 11 is 1.31. The van der Waals surface area contributed by atoms with Gasteiger partial charge in [-0.15, -0.1) is 0 Å². The number of carboxylic acids is 1. The molecule has 3 N–H and O–H groups in total. The zero-order chi connectivity index (χ0) is 10.3. The molecular weight excluding hydrogens is 202 g/mol. The van der Waals surface area contributed by atoms with Gasteiger partial charge in [0.05, 0.1) is 4.70 Å². The molecule has 0 aliphatic rings. The maximum absolute atomic E-state index is 10.7. The van der Waals surface area contributed by atoms with Gasteiger partial charge in [-0.1, -0.05) is 11.3 Å². The van der Waals surface area contributed by atoms with Crippen LogP contribution < -0.4 is 5.73 Å². The largest absolute Gasteiger partial charge is 0.477 e. The Hall–Kier alpha value is -1.69. The van der Waals surface area contributed by atoms with Crippen molar-refractivity contribution in [2.24, 2.45) is 0 Å². The first-order chi connectivity index (χ1) is 6.58. The zero-order valence-electron chi connectivity index (χ0n) is 7.31. The van der Waals surface area contributed by atoms with Gasteiger partial charge in [0.2, 0.25) is 0 Å². The predicted octanol–water partition coefficient (Wildman–Crippen LogP) is 1.28. The van der Waals surface area contributed by atoms with Crippen molar-refractivity contribution in [3.05, 3.63) is 17.3 Å². The first-order valence-electron chi connectivity index (χ1n) is 3.85. The summed E-state index contributed by atoms with van der Waals surface area (Å²) in [5.41, 5.74) is 6.75. The van der Waals surface area contributed by atoms with Crippen LogP contribution in [0.5, 0.6) is 0 Å². The Kier molecular flexibility index (Phi) is 1.85. The normalized spacial score (nSPS) is 10.6. The molecule has 6 heteroatoms. The number of pyridine rings is 1. The smallest absolute Gasteiger partial charge is 0.354 e. The van der Waals surface area contributed by atoms with E-state index in [1.807, 2.05) is 6.92 Å². The molecule has 0 spiro atoms. The van der Waals surface area contributed by atoms with Gasteiger partial charge in [-0.05, 0) is 18.6 Å². The molecule has 14 heavy (non-hydrogen) atoms. The van der Waals surface area contributed by atoms with E-state index in [1.165, 1.54) is 17.4 Å². The van der Waals surface area contributed by atoms with Gasteiger partial charge in [0, 0.05) is 0 Å². The molecule has 2 heterocycles. The molecule has 0 aliphatic carbocycles. The molecule has 0 unspecified atom stereocenters. The van der Waals surface area contributed by atoms with Crippen LogP contribution >= 0.6 is 11.3 Å². The molecule has 0 aliphatic heterocycles. The van der Waals surface area contributed by atoms with Crippen molar-refractivity contribution in [1.82, 2.24) is 9.97 Å². The van der Waals surface area contributed by atoms with Crippen molar-refractivity contribution in [1.29, 1.82) is 0 Å². The third kappa shape index (κ3) is 1.29. The number of fused-ring (bicyclic) bond motifs is 1. The van der Waals surface area contributed by atoms with Crippen LogP contribution in [0.2, 0.25) is 0 Å². The van der Waals surface area contributed by atoms with Crippen molar-refractivity contribution in [3.8, 4) is 0 Å². The van der Waals surface area contributed by atoms with Crippen LogP contribution in [0.25, 0.3) is 10.3 Å². The fraction of sp³-hybridized carbons (Fsp3) is 0.125. The number of hydrogen-bond acceptors (Lipinski definition) is 5. The van der Waals surface area contributed by atoms with Gasteiger partial charge >= 0.3 is 5.97 Å². The summed E-state index contributed by atoms with van der Waals surface area (Å²) in [6.45, 7) is 1.81. The number of aromatic carboxylic acids is 1. The molecule has 72 valence electrons. The third-order valence-corrected chi connectivity index (χ3v) is 2.79. The number of carboxylic acid groups (broad SMARTS) is 1. The molecule has 0 saturated carbocycles. The fourth-order valence-electron chi connectivity index (χ4n) is 1.19. The number of anilines is 1. The van der Waals surface area contributed by atoms with Crippen molar-refractivity contribution in [2.45, 2.75) is 6.92 Å². The van der Waals surface area contributed by atoms with E-state index in [0.717, 1.165) is 10.3 Å². The molecule has 2 aromatic rings. The maximum Gasteiger partial charge on any atom is 0.354 e. The van der Waals surface area contributed by atoms with Crippen LogP contribution in [-0.4, -0.2) is 21.0 Å². The maximum atomic E-state index is 10.7. The second-order valence-electron chi connectivity index (χ2n) is 2.83. The average Bonchev–Trinajstić information content (AvgIpc) is 2.45. The van der Waals surface area contributed by atoms with Crippen LogP contribution in [0.3, 0.4) is 0 Å². The molecule has 0 radical (unpaired) electrons. The number of nitrogens with two attached hydrogens (primary N) is 1. The lowest BCUT2D eigenvalue weighted by Gasteiger charge is -1.96. The summed E-state index contributed by atoms with van der Waals surface area (Å²) in [7, 11) is 0. The summed E-state index contributed by atoms with van der Waals surface area (Å²) < 4.78 is 0.840. The van der Waals surface area contributed by atoms with Crippen molar-refractivity contribution in [2.75, 3.05) is 5.73 Å². The van der Waals surface area contributed by atoms with Crippen molar-refractivity contribution < 1.29 is 9.90 Å². The lowest BCUT2D eigenvalue weighted by molar-refractivity contribution is 0.0691. The zero-order valence-corrected chi connectivity index (χ0v) is 8.13. The van der Waals surface area contributed by atoms with E-state index >= 15 is 0 Å². The SMILES string of the molecule is Cc1cc(C(=O)O)nc2nc(N)sc12. The van der Waals surface area contributed by atoms with Gasteiger partial charge in [-0.3, -0.25) is 0 Å². The Morgan fingerprint density at radius 2 is 2.29 bits per heavy atom. The minimum atomic E-state index is -1.05. The predicted molar refractivity (Wildman–Crippen MR) is 53.5 cm³/mol. The van der Waals surface area contributed by atoms with E-state index in [2.05, 4.69) is 9.97 Å². The van der Waals surface area contributed by atoms with Crippen LogP contribution in [0, 0.1) is 6.92 Å². The second kappa shape index (κ2) is 2.91. The van der Waals surface area contributed by atoms with E-state index in [0.29, 0.717) is 10.8 Å². The Balaban J connectivity index is 2.77. The molecule has 0 atom stereocenters. The van der Waals surface area contributed by atoms with Gasteiger partial charge in [0.1, 0.15) is 0 Å². The number of thiazole rings is 1. The van der Waals surface area contributed by atoms with Crippen molar-refractivity contribution in [3.63, 3.8) is 0 Å². The quantitative estimate of drug-likeness (QED) is 0.738. The number of nitrogens with zero attached hydrogens (tertiary/aromatic N) is 2. The minimum absolute atomic E-state index is 0.000278. The highest BCUT2D eigenvalue weighted by Gasteiger charge is 2.11. The van der Waals surface area contributed by atoms with E-state index in [4.69, 9.17) is 10.8 Å². The molecule has 0 bridgehead atoms. The lowest BCUT2D eigenvalue weighted by Crippen LogP contribution is -2.00. The summed E-state index contributed by atoms with van der Waals surface area (Å²) in [6, 6.07) is 1.52. The molecular formula is C8H7N3O2S. The lowest BCUT2D eigenvalue weighted by atomic mass is 10.2. The topological polar surface area (TPSA) is 89.1 Å². The fourth-order valence-corrected chi connectivity index (χ4v) is 1.93. The number of rotatable bonds is 1. The Morgan fingerprint density at radius 1 is 1.57 bits per heavy atom. The van der Waals surface area contributed by atoms with E-state index in [1.54, 1.807) is 0 Å². The molecule has 0 amide bonds. The van der Waals surface area contributed by atoms with E-state index in [9.17, 15) is 4.79 Å². The highest BCUT2D eigenvalue weighted by molar-refractivity contribution is 7.22. The Bertz CT molecular complexity index is 521. The minimum Gasteiger partial charge on any atom is -0.477 e. The number of carbonyl (C=O) groups is 1. The summed E-state index contributed by atoms with van der Waals surface area (Å²) in [5, 5.41) is 9.16. The molecule has 2 aromatic heterocycles. The molecule has 0 fully saturated rings. The third-order valence-electron chi connectivity index (χ3n) is 1.78. The molecule has 2 rings (SSSR count). The summed E-state index contributed by atoms with van der Waals surface area (Å²) in [5.74, 6) is -1.05. The average molecular weight is 209 g/mol. The second-order valence-corrected chi connectivity index (χ2v) is 3.87. The van der Waals surface area contributed by atoms with Crippen LogP contribution in [0.15, 0.2) is 6.07 Å². The monoisotopic (exact) mass is 209 g/mol. The highest BCUT2D eigenvalue weighted by Crippen LogP contribution is 2.25. The number of aryl methyl sites for hydroxylation is 1. The van der Waals surface area contributed by atoms with Gasteiger partial charge in [0.15, 0.2) is 16.5 Å². The van der Waals surface area contributed by atoms with Crippen molar-refractivity contribution >= 4 is 32.8 Å². The first-order valence-corrected chi connectivity index (χ1v) is 4.66. The summed E-state index contributed by atoms with van der Waals surface area (Å²) in [4.78, 5) is 18.5.